The van der Waals surface area contributed by atoms with Crippen LogP contribution in [0.2, 0.25) is 0 Å². The number of pyridine rings is 1. The number of hydrogen-bond donors (Lipinski definition) is 0. The Morgan fingerprint density at radius 3 is 2.53 bits per heavy atom. The largest absolute Gasteiger partial charge is 0.494 e. The molecule has 1 aromatic carbocycles. The van der Waals surface area contributed by atoms with Gasteiger partial charge in [-0.05, 0) is 56.6 Å². The summed E-state index contributed by atoms with van der Waals surface area (Å²) >= 11 is 0. The minimum absolute atomic E-state index is 0.0186. The topological polar surface area (TPSA) is 79.8 Å². The average Bonchev–Trinajstić information content (AvgIpc) is 2.76. The van der Waals surface area contributed by atoms with Crippen LogP contribution in [0.4, 0.5) is 0 Å². The van der Waals surface area contributed by atoms with Gasteiger partial charge in [-0.1, -0.05) is 12.5 Å². The van der Waals surface area contributed by atoms with Crippen LogP contribution in [-0.4, -0.2) is 79.9 Å². The summed E-state index contributed by atoms with van der Waals surface area (Å²) in [6.07, 6.45) is 4.97. The number of rotatable bonds is 6. The van der Waals surface area contributed by atoms with Crippen LogP contribution >= 0.6 is 0 Å². The summed E-state index contributed by atoms with van der Waals surface area (Å²) in [5.74, 6) is 0.628. The monoisotopic (exact) mass is 431 g/mol. The Hall–Kier alpha value is -2.19. The molecule has 162 valence electrons. The highest BCUT2D eigenvalue weighted by atomic mass is 32.2. The number of carbonyl (C=O) groups excluding carboxylic acids is 1. The predicted octanol–water partition coefficient (Wildman–Crippen LogP) is 2.36. The van der Waals surface area contributed by atoms with E-state index in [-0.39, 0.29) is 30.5 Å². The maximum atomic E-state index is 12.7. The lowest BCUT2D eigenvalue weighted by molar-refractivity contribution is 0.0765. The zero-order chi connectivity index (χ0) is 21.0. The Bertz CT molecular complexity index is 989. The molecule has 7 nitrogen and oxygen atoms in total. The SMILES string of the molecule is O=C(c1ccc2cc(OCCCN3CCCCC3)ccc2n1)N1CCS(=O)(=O)CC1. The van der Waals surface area contributed by atoms with Crippen molar-refractivity contribution < 1.29 is 17.9 Å². The molecule has 1 amide bonds. The van der Waals surface area contributed by atoms with Gasteiger partial charge >= 0.3 is 0 Å². The number of amides is 1. The van der Waals surface area contributed by atoms with Gasteiger partial charge in [0.1, 0.15) is 11.4 Å². The number of sulfone groups is 1. The van der Waals surface area contributed by atoms with Crippen LogP contribution in [0, 0.1) is 0 Å². The molecule has 30 heavy (non-hydrogen) atoms. The standard InChI is InChI=1S/C22H29N3O4S/c26-22(25-12-15-30(27,28)16-13-25)21-7-5-18-17-19(6-8-20(18)23-21)29-14-4-11-24-9-2-1-3-10-24/h5-8,17H,1-4,9-16H2. The Morgan fingerprint density at radius 2 is 1.77 bits per heavy atom. The molecule has 2 aliphatic heterocycles. The van der Waals surface area contributed by atoms with E-state index in [4.69, 9.17) is 4.74 Å². The van der Waals surface area contributed by atoms with Crippen LogP contribution in [0.1, 0.15) is 36.2 Å². The molecule has 0 radical (unpaired) electrons. The van der Waals surface area contributed by atoms with E-state index in [1.54, 1.807) is 11.0 Å². The molecule has 0 unspecified atom stereocenters. The van der Waals surface area contributed by atoms with E-state index in [1.165, 1.54) is 32.4 Å². The van der Waals surface area contributed by atoms with Gasteiger partial charge in [0, 0.05) is 25.0 Å². The number of nitrogens with zero attached hydrogens (tertiary/aromatic N) is 3. The molecule has 2 fully saturated rings. The maximum Gasteiger partial charge on any atom is 0.272 e. The maximum absolute atomic E-state index is 12.7. The number of carbonyl (C=O) groups is 1. The van der Waals surface area contributed by atoms with Crippen LogP contribution in [0.25, 0.3) is 10.9 Å². The van der Waals surface area contributed by atoms with E-state index >= 15 is 0 Å². The zero-order valence-corrected chi connectivity index (χ0v) is 18.1. The first kappa shape index (κ1) is 21.1. The molecule has 0 aliphatic carbocycles. The van der Waals surface area contributed by atoms with E-state index in [2.05, 4.69) is 9.88 Å². The Morgan fingerprint density at radius 1 is 1.00 bits per heavy atom. The highest BCUT2D eigenvalue weighted by molar-refractivity contribution is 7.91. The van der Waals surface area contributed by atoms with Crippen LogP contribution in [0.5, 0.6) is 5.75 Å². The molecule has 3 heterocycles. The molecule has 0 bridgehead atoms. The van der Waals surface area contributed by atoms with Crippen molar-refractivity contribution in [3.05, 3.63) is 36.0 Å². The van der Waals surface area contributed by atoms with Crippen molar-refractivity contribution in [2.45, 2.75) is 25.7 Å². The number of likely N-dealkylation sites (tertiary alicyclic amines) is 1. The molecule has 0 spiro atoms. The van der Waals surface area contributed by atoms with Crippen molar-refractivity contribution in [3.8, 4) is 5.75 Å². The molecule has 0 atom stereocenters. The number of ether oxygens (including phenoxy) is 1. The van der Waals surface area contributed by atoms with Gasteiger partial charge in [-0.2, -0.15) is 0 Å². The van der Waals surface area contributed by atoms with Crippen LogP contribution in [0.3, 0.4) is 0 Å². The summed E-state index contributed by atoms with van der Waals surface area (Å²) in [7, 11) is -3.02. The van der Waals surface area contributed by atoms with Crippen molar-refractivity contribution >= 4 is 26.6 Å². The number of benzene rings is 1. The van der Waals surface area contributed by atoms with Gasteiger partial charge in [0.05, 0.1) is 23.6 Å². The summed E-state index contributed by atoms with van der Waals surface area (Å²) in [6, 6.07) is 9.28. The summed E-state index contributed by atoms with van der Waals surface area (Å²) in [6.45, 7) is 4.63. The molecule has 0 saturated carbocycles. The Kier molecular flexibility index (Phi) is 6.53. The van der Waals surface area contributed by atoms with Gasteiger partial charge in [-0.3, -0.25) is 4.79 Å². The van der Waals surface area contributed by atoms with E-state index in [0.29, 0.717) is 12.3 Å². The van der Waals surface area contributed by atoms with Crippen molar-refractivity contribution in [2.75, 3.05) is 50.8 Å². The molecular formula is C22H29N3O4S. The fourth-order valence-electron chi connectivity index (χ4n) is 4.05. The second-order valence-electron chi connectivity index (χ2n) is 8.10. The molecule has 4 rings (SSSR count). The summed E-state index contributed by atoms with van der Waals surface area (Å²) in [5, 5.41) is 0.918. The Balaban J connectivity index is 1.33. The summed E-state index contributed by atoms with van der Waals surface area (Å²) < 4.78 is 29.0. The lowest BCUT2D eigenvalue weighted by atomic mass is 10.1. The molecule has 1 aromatic heterocycles. The van der Waals surface area contributed by atoms with Crippen molar-refractivity contribution in [1.29, 1.82) is 0 Å². The minimum Gasteiger partial charge on any atom is -0.494 e. The van der Waals surface area contributed by atoms with Gasteiger partial charge in [0.2, 0.25) is 0 Å². The van der Waals surface area contributed by atoms with Gasteiger partial charge in [-0.25, -0.2) is 13.4 Å². The Labute approximate surface area is 177 Å². The fourth-order valence-corrected chi connectivity index (χ4v) is 5.25. The van der Waals surface area contributed by atoms with Gasteiger partial charge < -0.3 is 14.5 Å². The average molecular weight is 432 g/mol. The zero-order valence-electron chi connectivity index (χ0n) is 17.3. The lowest BCUT2D eigenvalue weighted by Crippen LogP contribution is -2.44. The number of aromatic nitrogens is 1. The predicted molar refractivity (Wildman–Crippen MR) is 117 cm³/mol. The van der Waals surface area contributed by atoms with E-state index in [0.717, 1.165) is 29.6 Å². The van der Waals surface area contributed by atoms with Crippen molar-refractivity contribution in [2.24, 2.45) is 0 Å². The van der Waals surface area contributed by atoms with Gasteiger partial charge in [0.15, 0.2) is 9.84 Å². The van der Waals surface area contributed by atoms with Crippen LogP contribution in [0.15, 0.2) is 30.3 Å². The third-order valence-electron chi connectivity index (χ3n) is 5.85. The fraction of sp³-hybridized carbons (Fsp3) is 0.545. The smallest absolute Gasteiger partial charge is 0.272 e. The third-order valence-corrected chi connectivity index (χ3v) is 7.46. The minimum atomic E-state index is -3.02. The molecule has 2 aliphatic rings. The first-order valence-corrected chi connectivity index (χ1v) is 12.6. The molecular weight excluding hydrogens is 402 g/mol. The summed E-state index contributed by atoms with van der Waals surface area (Å²) in [4.78, 5) is 21.2. The normalized spacial score (nSPS) is 19.7. The lowest BCUT2D eigenvalue weighted by Gasteiger charge is -2.26. The highest BCUT2D eigenvalue weighted by Gasteiger charge is 2.26. The van der Waals surface area contributed by atoms with Crippen LogP contribution < -0.4 is 4.74 Å². The second-order valence-corrected chi connectivity index (χ2v) is 10.4. The third kappa shape index (κ3) is 5.29. The van der Waals surface area contributed by atoms with Gasteiger partial charge in [-0.15, -0.1) is 0 Å². The summed E-state index contributed by atoms with van der Waals surface area (Å²) in [5.41, 5.74) is 1.07. The molecule has 0 N–H and O–H groups in total. The highest BCUT2D eigenvalue weighted by Crippen LogP contribution is 2.21. The first-order chi connectivity index (χ1) is 14.5. The van der Waals surface area contributed by atoms with Crippen molar-refractivity contribution in [3.63, 3.8) is 0 Å². The quantitative estimate of drug-likeness (QED) is 0.654. The van der Waals surface area contributed by atoms with E-state index in [1.807, 2.05) is 24.3 Å². The molecule has 2 aromatic rings. The van der Waals surface area contributed by atoms with E-state index < -0.39 is 9.84 Å². The van der Waals surface area contributed by atoms with Crippen molar-refractivity contribution in [1.82, 2.24) is 14.8 Å². The number of piperidine rings is 1. The van der Waals surface area contributed by atoms with Crippen LogP contribution in [-0.2, 0) is 9.84 Å². The van der Waals surface area contributed by atoms with Gasteiger partial charge in [0.25, 0.3) is 5.91 Å². The second kappa shape index (κ2) is 9.31. The first-order valence-electron chi connectivity index (χ1n) is 10.8. The van der Waals surface area contributed by atoms with E-state index in [9.17, 15) is 13.2 Å². The molecule has 8 heteroatoms. The number of hydrogen-bond acceptors (Lipinski definition) is 6. The number of fused-ring (bicyclic) bond motifs is 1. The molecule has 2 saturated heterocycles.